The summed E-state index contributed by atoms with van der Waals surface area (Å²) in [7, 11) is 2.53. The molecule has 4 rings (SSSR count). The first-order valence-corrected chi connectivity index (χ1v) is 10.3. The molecule has 2 aromatic heterocycles. The van der Waals surface area contributed by atoms with Crippen molar-refractivity contribution in [1.82, 2.24) is 9.55 Å². The number of aromatic nitrogens is 2. The van der Waals surface area contributed by atoms with Crippen LogP contribution in [-0.2, 0) is 6.54 Å². The smallest absolute Gasteiger partial charge is 0.202 e. The molecule has 0 N–H and O–H groups in total. The molecule has 0 saturated heterocycles. The zero-order valence-corrected chi connectivity index (χ0v) is 17.9. The first kappa shape index (κ1) is 20.6. The normalized spacial score (nSPS) is 10.8. The highest BCUT2D eigenvalue weighted by molar-refractivity contribution is 6.51. The number of carbonyl (C=O) groups is 1. The van der Waals surface area contributed by atoms with Gasteiger partial charge in [0.2, 0.25) is 5.43 Å². The fourth-order valence-corrected chi connectivity index (χ4v) is 3.83. The van der Waals surface area contributed by atoms with Gasteiger partial charge in [-0.3, -0.25) is 9.59 Å². The number of ketones is 1. The average Bonchev–Trinajstić information content (AvgIpc) is 2.80. The maximum Gasteiger partial charge on any atom is 0.202 e. The van der Waals surface area contributed by atoms with E-state index in [-0.39, 0.29) is 16.8 Å². The highest BCUT2D eigenvalue weighted by atomic mass is 16.5. The zero-order valence-electron chi connectivity index (χ0n) is 17.9. The van der Waals surface area contributed by atoms with Crippen molar-refractivity contribution in [2.24, 2.45) is 0 Å². The first-order chi connectivity index (χ1) is 15.0. The van der Waals surface area contributed by atoms with Gasteiger partial charge in [-0.25, -0.2) is 4.98 Å². The number of methoxy groups -OCH3 is 1. The minimum absolute atomic E-state index is 0.136. The molecule has 5 nitrogen and oxygen atoms in total. The average molecular weight is 410 g/mol. The van der Waals surface area contributed by atoms with E-state index >= 15 is 0 Å². The number of carbonyl (C=O) groups excluding carboxylic acids is 1. The lowest BCUT2D eigenvalue weighted by Gasteiger charge is -2.13. The third-order valence-electron chi connectivity index (χ3n) is 5.49. The topological polar surface area (TPSA) is 61.2 Å². The summed E-state index contributed by atoms with van der Waals surface area (Å²) in [6, 6.07) is 16.9. The summed E-state index contributed by atoms with van der Waals surface area (Å²) in [5, 5.41) is 0.435. The van der Waals surface area contributed by atoms with Crippen molar-refractivity contribution in [2.45, 2.75) is 20.3 Å². The highest BCUT2D eigenvalue weighted by Crippen LogP contribution is 2.21. The van der Waals surface area contributed by atoms with Crippen LogP contribution in [0.2, 0.25) is 6.82 Å². The number of hydrogen-bond acceptors (Lipinski definition) is 4. The molecule has 2 heterocycles. The van der Waals surface area contributed by atoms with Gasteiger partial charge in [0.05, 0.1) is 18.1 Å². The molecule has 0 radical (unpaired) electrons. The van der Waals surface area contributed by atoms with E-state index in [2.05, 4.69) is 23.9 Å². The molecule has 0 unspecified atom stereocenters. The summed E-state index contributed by atoms with van der Waals surface area (Å²) in [4.78, 5) is 30.9. The summed E-state index contributed by atoms with van der Waals surface area (Å²) >= 11 is 0. The van der Waals surface area contributed by atoms with Gasteiger partial charge in [0.1, 0.15) is 11.4 Å². The molecule has 0 aliphatic carbocycles. The van der Waals surface area contributed by atoms with Gasteiger partial charge in [-0.05, 0) is 48.4 Å². The molecule has 154 valence electrons. The van der Waals surface area contributed by atoms with Crippen molar-refractivity contribution in [1.29, 1.82) is 0 Å². The lowest BCUT2D eigenvalue weighted by molar-refractivity contribution is 0.103. The second-order valence-corrected chi connectivity index (χ2v) is 7.56. The van der Waals surface area contributed by atoms with Crippen LogP contribution in [-0.4, -0.2) is 29.7 Å². The zero-order chi connectivity index (χ0) is 22.0. The predicted octanol–water partition coefficient (Wildman–Crippen LogP) is 3.10. The number of pyridine rings is 2. The van der Waals surface area contributed by atoms with Crippen LogP contribution in [0.5, 0.6) is 5.75 Å². The molecular formula is C25H23BN2O3. The Balaban J connectivity index is 1.84. The maximum absolute atomic E-state index is 13.3. The Morgan fingerprint density at radius 3 is 2.71 bits per heavy atom. The second-order valence-electron chi connectivity index (χ2n) is 7.56. The molecule has 31 heavy (non-hydrogen) atoms. The van der Waals surface area contributed by atoms with E-state index in [1.807, 2.05) is 23.6 Å². The van der Waals surface area contributed by atoms with Crippen LogP contribution in [0.4, 0.5) is 0 Å². The molecule has 4 aromatic rings. The molecule has 0 atom stereocenters. The fourth-order valence-electron chi connectivity index (χ4n) is 3.83. The molecule has 0 aliphatic rings. The van der Waals surface area contributed by atoms with Crippen molar-refractivity contribution < 1.29 is 9.53 Å². The lowest BCUT2D eigenvalue weighted by Crippen LogP contribution is -2.21. The third kappa shape index (κ3) is 4.01. The van der Waals surface area contributed by atoms with Gasteiger partial charge < -0.3 is 9.30 Å². The van der Waals surface area contributed by atoms with Crippen LogP contribution < -0.4 is 15.6 Å². The van der Waals surface area contributed by atoms with E-state index in [1.54, 1.807) is 49.8 Å². The Labute approximate surface area is 181 Å². The Hall–Kier alpha value is -3.67. The van der Waals surface area contributed by atoms with Gasteiger partial charge in [0.15, 0.2) is 13.1 Å². The summed E-state index contributed by atoms with van der Waals surface area (Å²) in [5.41, 5.74) is 4.02. The predicted molar refractivity (Wildman–Crippen MR) is 125 cm³/mol. The van der Waals surface area contributed by atoms with Gasteiger partial charge in [-0.1, -0.05) is 36.6 Å². The van der Waals surface area contributed by atoms with Crippen molar-refractivity contribution in [3.8, 4) is 5.75 Å². The van der Waals surface area contributed by atoms with Crippen LogP contribution >= 0.6 is 0 Å². The highest BCUT2D eigenvalue weighted by Gasteiger charge is 2.18. The largest absolute Gasteiger partial charge is 0.496 e. The standard InChI is InChI=1S/C25H23BN2O3/c1-16-12-18(9-10-22(16)31-3)23(29)21-15-28(14-17-6-4-7-19(13-17)26-2)25-20(24(21)30)8-5-11-27-25/h4-13,15,26H,14H2,1-3H3. The summed E-state index contributed by atoms with van der Waals surface area (Å²) in [5.74, 6) is 0.394. The third-order valence-corrected chi connectivity index (χ3v) is 5.49. The number of benzene rings is 2. The Morgan fingerprint density at radius 1 is 1.13 bits per heavy atom. The lowest BCUT2D eigenvalue weighted by atomic mass is 9.73. The number of ether oxygens (including phenoxy) is 1. The van der Waals surface area contributed by atoms with Crippen LogP contribution in [0.3, 0.4) is 0 Å². The molecule has 0 amide bonds. The second kappa shape index (κ2) is 8.60. The first-order valence-electron chi connectivity index (χ1n) is 10.3. The van der Waals surface area contributed by atoms with Crippen molar-refractivity contribution in [3.63, 3.8) is 0 Å². The van der Waals surface area contributed by atoms with Gasteiger partial charge in [0, 0.05) is 24.5 Å². The minimum atomic E-state index is -0.308. The van der Waals surface area contributed by atoms with Crippen LogP contribution in [0, 0.1) is 6.92 Å². The molecule has 0 bridgehead atoms. The van der Waals surface area contributed by atoms with Crippen LogP contribution in [0.25, 0.3) is 11.0 Å². The molecular weight excluding hydrogens is 387 g/mol. The Kier molecular flexibility index (Phi) is 5.71. The number of rotatable bonds is 6. The molecule has 2 aromatic carbocycles. The van der Waals surface area contributed by atoms with E-state index in [1.165, 1.54) is 5.46 Å². The SMILES string of the molecule is CBc1cccc(Cn2cc(C(=O)c3ccc(OC)c(C)c3)c(=O)c3cccnc32)c1. The summed E-state index contributed by atoms with van der Waals surface area (Å²) < 4.78 is 7.17. The summed E-state index contributed by atoms with van der Waals surface area (Å²) in [6.45, 7) is 4.51. The molecule has 0 saturated carbocycles. The van der Waals surface area contributed by atoms with Crippen LogP contribution in [0.1, 0.15) is 27.0 Å². The van der Waals surface area contributed by atoms with Gasteiger partial charge in [-0.2, -0.15) is 0 Å². The van der Waals surface area contributed by atoms with E-state index in [9.17, 15) is 9.59 Å². The number of nitrogens with zero attached hydrogens (tertiary/aromatic N) is 2. The van der Waals surface area contributed by atoms with Gasteiger partial charge in [-0.15, -0.1) is 0 Å². The van der Waals surface area contributed by atoms with Crippen molar-refractivity contribution >= 4 is 29.6 Å². The monoisotopic (exact) mass is 410 g/mol. The molecule has 0 spiro atoms. The quantitative estimate of drug-likeness (QED) is 0.362. The fraction of sp³-hybridized carbons (Fsp3) is 0.160. The van der Waals surface area contributed by atoms with Gasteiger partial charge in [0.25, 0.3) is 0 Å². The van der Waals surface area contributed by atoms with E-state index in [0.29, 0.717) is 28.9 Å². The number of fused-ring (bicyclic) bond motifs is 1. The Morgan fingerprint density at radius 2 is 1.97 bits per heavy atom. The van der Waals surface area contributed by atoms with E-state index in [4.69, 9.17) is 4.74 Å². The van der Waals surface area contributed by atoms with Crippen LogP contribution in [0.15, 0.2) is 71.8 Å². The summed E-state index contributed by atoms with van der Waals surface area (Å²) in [6.07, 6.45) is 3.30. The Bertz CT molecular complexity index is 1340. The van der Waals surface area contributed by atoms with E-state index in [0.717, 1.165) is 18.4 Å². The number of aryl methyl sites for hydroxylation is 1. The molecule has 0 fully saturated rings. The minimum Gasteiger partial charge on any atom is -0.496 e. The number of hydrogen-bond donors (Lipinski definition) is 0. The van der Waals surface area contributed by atoms with Gasteiger partial charge >= 0.3 is 0 Å². The van der Waals surface area contributed by atoms with Crippen molar-refractivity contribution in [3.05, 3.63) is 99.5 Å². The maximum atomic E-state index is 13.3. The van der Waals surface area contributed by atoms with E-state index < -0.39 is 0 Å². The molecule has 0 aliphatic heterocycles. The molecule has 6 heteroatoms. The van der Waals surface area contributed by atoms with Crippen molar-refractivity contribution in [2.75, 3.05) is 7.11 Å².